The first-order chi connectivity index (χ1) is 13.6. The van der Waals surface area contributed by atoms with Crippen LogP contribution in [0.15, 0.2) is 36.7 Å². The molecule has 4 heterocycles. The quantitative estimate of drug-likeness (QED) is 0.627. The summed E-state index contributed by atoms with van der Waals surface area (Å²) in [5.74, 6) is 0.545. The molecule has 2 atom stereocenters. The summed E-state index contributed by atoms with van der Waals surface area (Å²) in [5.41, 5.74) is 2.88. The topological polar surface area (TPSA) is 74.6 Å². The lowest BCUT2D eigenvalue weighted by molar-refractivity contribution is 0.0949. The largest absolute Gasteiger partial charge is 0.371 e. The highest BCUT2D eigenvalue weighted by Crippen LogP contribution is 2.33. The second-order valence-electron chi connectivity index (χ2n) is 7.52. The van der Waals surface area contributed by atoms with Gasteiger partial charge in [-0.15, -0.1) is 0 Å². The Labute approximate surface area is 161 Å². The Balaban J connectivity index is 1.62. The van der Waals surface area contributed by atoms with Crippen LogP contribution in [0.1, 0.15) is 35.3 Å². The van der Waals surface area contributed by atoms with Crippen molar-refractivity contribution >= 4 is 23.1 Å². The molecular weight excluding hydrogens is 359 g/mol. The van der Waals surface area contributed by atoms with Gasteiger partial charge in [-0.25, -0.2) is 13.9 Å². The van der Waals surface area contributed by atoms with Gasteiger partial charge in [0.2, 0.25) is 0 Å². The Kier molecular flexibility index (Phi) is 3.92. The molecule has 1 saturated heterocycles. The van der Waals surface area contributed by atoms with Crippen molar-refractivity contribution in [2.45, 2.75) is 19.4 Å². The summed E-state index contributed by atoms with van der Waals surface area (Å²) < 4.78 is 15.6. The molecule has 1 unspecified atom stereocenters. The van der Waals surface area contributed by atoms with Gasteiger partial charge in [-0.1, -0.05) is 0 Å². The smallest absolute Gasteiger partial charge is 0.256 e. The molecule has 0 aliphatic carbocycles. The highest BCUT2D eigenvalue weighted by atomic mass is 19.1. The fourth-order valence-corrected chi connectivity index (χ4v) is 4.12. The number of amides is 1. The Morgan fingerprint density at radius 2 is 2.18 bits per heavy atom. The maximum atomic E-state index is 14.0. The molecule has 0 saturated carbocycles. The van der Waals surface area contributed by atoms with Crippen molar-refractivity contribution in [3.63, 3.8) is 0 Å². The van der Waals surface area contributed by atoms with E-state index in [0.717, 1.165) is 30.8 Å². The number of rotatable bonds is 0. The predicted molar refractivity (Wildman–Crippen MR) is 104 cm³/mol. The minimum atomic E-state index is -0.252. The third-order valence-electron chi connectivity index (χ3n) is 5.61. The standard InChI is InChI=1S/C20H21FN6O/c1-12-15-8-14(21)2-3-17(15)26-6-4-13(11-26)9-22-20(28)16-10-23-27-7-5-18(24-12)25-19(16)27/h2-3,5,7-8,10,12-13H,4,6,9,11H2,1H3,(H,22,28)(H,24,25)/t12?,13-/m1/s1. The zero-order chi connectivity index (χ0) is 19.3. The number of nitrogens with one attached hydrogen (secondary N) is 2. The van der Waals surface area contributed by atoms with Crippen molar-refractivity contribution in [3.05, 3.63) is 53.6 Å². The molecule has 2 N–H and O–H groups in total. The van der Waals surface area contributed by atoms with Crippen LogP contribution in [-0.2, 0) is 0 Å². The number of halogens is 1. The first kappa shape index (κ1) is 17.0. The summed E-state index contributed by atoms with van der Waals surface area (Å²) in [6.45, 7) is 4.30. The van der Waals surface area contributed by atoms with Crippen molar-refractivity contribution < 1.29 is 9.18 Å². The van der Waals surface area contributed by atoms with Crippen LogP contribution in [0.4, 0.5) is 15.9 Å². The van der Waals surface area contributed by atoms with Crippen LogP contribution in [0.25, 0.3) is 5.65 Å². The van der Waals surface area contributed by atoms with Gasteiger partial charge in [0.05, 0.1) is 12.2 Å². The molecule has 144 valence electrons. The van der Waals surface area contributed by atoms with Crippen molar-refractivity contribution in [2.75, 3.05) is 29.9 Å². The van der Waals surface area contributed by atoms with E-state index < -0.39 is 0 Å². The van der Waals surface area contributed by atoms with Gasteiger partial charge in [-0.3, -0.25) is 4.79 Å². The predicted octanol–water partition coefficient (Wildman–Crippen LogP) is 2.61. The van der Waals surface area contributed by atoms with E-state index in [1.807, 2.05) is 13.0 Å². The van der Waals surface area contributed by atoms with E-state index in [0.29, 0.717) is 29.5 Å². The number of hydrogen-bond donors (Lipinski definition) is 2. The van der Waals surface area contributed by atoms with E-state index in [2.05, 4.69) is 25.6 Å². The number of nitrogens with zero attached hydrogens (tertiary/aromatic N) is 4. The van der Waals surface area contributed by atoms with Gasteiger partial charge < -0.3 is 15.5 Å². The molecule has 5 rings (SSSR count). The average molecular weight is 380 g/mol. The molecule has 8 heteroatoms. The highest BCUT2D eigenvalue weighted by Gasteiger charge is 2.27. The van der Waals surface area contributed by atoms with E-state index in [1.54, 1.807) is 29.0 Å². The van der Waals surface area contributed by atoms with Crippen LogP contribution in [0.3, 0.4) is 0 Å². The van der Waals surface area contributed by atoms with Gasteiger partial charge in [0.25, 0.3) is 5.91 Å². The summed E-state index contributed by atoms with van der Waals surface area (Å²) in [5, 5.41) is 10.6. The van der Waals surface area contributed by atoms with E-state index >= 15 is 0 Å². The molecular formula is C20H21FN6O. The van der Waals surface area contributed by atoms with Gasteiger partial charge in [0.1, 0.15) is 17.2 Å². The Bertz CT molecular complexity index is 1060. The molecule has 2 aromatic heterocycles. The summed E-state index contributed by atoms with van der Waals surface area (Å²) >= 11 is 0. The third-order valence-corrected chi connectivity index (χ3v) is 5.61. The Morgan fingerprint density at radius 3 is 3.07 bits per heavy atom. The van der Waals surface area contributed by atoms with Crippen LogP contribution in [0.5, 0.6) is 0 Å². The molecule has 1 amide bonds. The number of carbonyl (C=O) groups is 1. The van der Waals surface area contributed by atoms with Crippen molar-refractivity contribution in [1.29, 1.82) is 0 Å². The molecule has 1 aromatic carbocycles. The second kappa shape index (κ2) is 6.47. The number of anilines is 2. The van der Waals surface area contributed by atoms with Crippen molar-refractivity contribution in [1.82, 2.24) is 19.9 Å². The summed E-state index contributed by atoms with van der Waals surface area (Å²) in [7, 11) is 0. The molecule has 4 bridgehead atoms. The number of hydrogen-bond acceptors (Lipinski definition) is 5. The summed E-state index contributed by atoms with van der Waals surface area (Å²) in [6.07, 6.45) is 4.29. The lowest BCUT2D eigenvalue weighted by Crippen LogP contribution is -2.31. The summed E-state index contributed by atoms with van der Waals surface area (Å²) in [4.78, 5) is 19.5. The highest BCUT2D eigenvalue weighted by molar-refractivity contribution is 5.99. The van der Waals surface area contributed by atoms with Gasteiger partial charge in [-0.05, 0) is 43.5 Å². The molecule has 0 spiro atoms. The molecule has 2 aliphatic rings. The SMILES string of the molecule is CC1Nc2ccn3ncc(c3n2)C(=O)NC[C@H]2CCN(C2)c2ccc(F)cc21. The molecule has 3 aromatic rings. The molecule has 7 nitrogen and oxygen atoms in total. The van der Waals surface area contributed by atoms with Crippen LogP contribution in [-0.4, -0.2) is 40.1 Å². The maximum absolute atomic E-state index is 14.0. The van der Waals surface area contributed by atoms with Crippen LogP contribution in [0, 0.1) is 11.7 Å². The maximum Gasteiger partial charge on any atom is 0.256 e. The zero-order valence-corrected chi connectivity index (χ0v) is 15.5. The first-order valence-corrected chi connectivity index (χ1v) is 9.52. The van der Waals surface area contributed by atoms with Crippen molar-refractivity contribution in [2.24, 2.45) is 5.92 Å². The summed E-state index contributed by atoms with van der Waals surface area (Å²) in [6, 6.07) is 6.60. The van der Waals surface area contributed by atoms with Crippen LogP contribution < -0.4 is 15.5 Å². The lowest BCUT2D eigenvalue weighted by atomic mass is 10.0. The number of fused-ring (bicyclic) bond motifs is 5. The monoisotopic (exact) mass is 380 g/mol. The van der Waals surface area contributed by atoms with Gasteiger partial charge in [0, 0.05) is 37.1 Å². The zero-order valence-electron chi connectivity index (χ0n) is 15.5. The number of aromatic nitrogens is 3. The average Bonchev–Trinajstić information content (AvgIpc) is 3.32. The lowest BCUT2D eigenvalue weighted by Gasteiger charge is -2.26. The van der Waals surface area contributed by atoms with E-state index in [-0.39, 0.29) is 17.8 Å². The minimum Gasteiger partial charge on any atom is -0.371 e. The normalized spacial score (nSPS) is 21.9. The Morgan fingerprint density at radius 1 is 1.29 bits per heavy atom. The van der Waals surface area contributed by atoms with Gasteiger partial charge >= 0.3 is 0 Å². The Hall–Kier alpha value is -3.16. The van der Waals surface area contributed by atoms with E-state index in [4.69, 9.17) is 0 Å². The second-order valence-corrected chi connectivity index (χ2v) is 7.52. The van der Waals surface area contributed by atoms with Crippen molar-refractivity contribution in [3.8, 4) is 0 Å². The van der Waals surface area contributed by atoms with Crippen LogP contribution >= 0.6 is 0 Å². The molecule has 28 heavy (non-hydrogen) atoms. The fraction of sp³-hybridized carbons (Fsp3) is 0.350. The first-order valence-electron chi connectivity index (χ1n) is 9.52. The molecule has 0 radical (unpaired) electrons. The fourth-order valence-electron chi connectivity index (χ4n) is 4.12. The number of benzene rings is 1. The van der Waals surface area contributed by atoms with Gasteiger partial charge in [0.15, 0.2) is 5.65 Å². The third kappa shape index (κ3) is 2.85. The van der Waals surface area contributed by atoms with E-state index in [9.17, 15) is 9.18 Å². The molecule has 1 fully saturated rings. The van der Waals surface area contributed by atoms with Crippen LogP contribution in [0.2, 0.25) is 0 Å². The minimum absolute atomic E-state index is 0.150. The molecule has 2 aliphatic heterocycles. The number of carbonyl (C=O) groups excluding carboxylic acids is 1. The van der Waals surface area contributed by atoms with Gasteiger partial charge in [-0.2, -0.15) is 5.10 Å². The van der Waals surface area contributed by atoms with E-state index in [1.165, 1.54) is 6.07 Å².